The van der Waals surface area contributed by atoms with Crippen molar-refractivity contribution < 1.29 is 14.1 Å². The largest absolute Gasteiger partial charge is 0.457 e. The number of furan rings is 1. The Morgan fingerprint density at radius 1 is 1.27 bits per heavy atom. The quantitative estimate of drug-likeness (QED) is 0.387. The predicted octanol–water partition coefficient (Wildman–Crippen LogP) is 2.23. The Kier molecular flexibility index (Phi) is 4.64. The number of carbonyl (C=O) groups is 1. The molecule has 22 heavy (non-hydrogen) atoms. The van der Waals surface area contributed by atoms with Gasteiger partial charge in [0, 0.05) is 23.8 Å². The predicted molar refractivity (Wildman–Crippen MR) is 84.8 cm³/mol. The number of non-ortho nitro benzene ring substituents is 1. The Morgan fingerprint density at radius 3 is 2.55 bits per heavy atom. The standard InChI is InChI=1S/C14H11N3O4S/c15-14(22)16-13(18)8-6-11-5-7-12(21-11)9-1-3-10(4-2-9)17(19)20/h1-8H,(H3,15,16,18,22)/b8-6+. The number of hydrogen-bond donors (Lipinski definition) is 2. The van der Waals surface area contributed by atoms with Gasteiger partial charge in [-0.3, -0.25) is 20.2 Å². The van der Waals surface area contributed by atoms with E-state index in [0.717, 1.165) is 0 Å². The molecule has 7 nitrogen and oxygen atoms in total. The van der Waals surface area contributed by atoms with E-state index in [-0.39, 0.29) is 10.8 Å². The summed E-state index contributed by atoms with van der Waals surface area (Å²) in [7, 11) is 0. The highest BCUT2D eigenvalue weighted by Crippen LogP contribution is 2.24. The van der Waals surface area contributed by atoms with E-state index in [0.29, 0.717) is 17.1 Å². The second-order valence-corrected chi connectivity index (χ2v) is 4.63. The number of nitrogens with one attached hydrogen (secondary N) is 1. The first kappa shape index (κ1) is 15.4. The third-order valence-electron chi connectivity index (χ3n) is 2.63. The molecule has 0 aliphatic rings. The summed E-state index contributed by atoms with van der Waals surface area (Å²) < 4.78 is 5.52. The Labute approximate surface area is 130 Å². The Bertz CT molecular complexity index is 750. The smallest absolute Gasteiger partial charge is 0.269 e. The van der Waals surface area contributed by atoms with E-state index < -0.39 is 10.8 Å². The Balaban J connectivity index is 2.11. The maximum Gasteiger partial charge on any atom is 0.269 e. The zero-order valence-corrected chi connectivity index (χ0v) is 12.0. The van der Waals surface area contributed by atoms with Crippen LogP contribution in [0.15, 0.2) is 46.9 Å². The molecule has 0 aliphatic heterocycles. The van der Waals surface area contributed by atoms with Crippen molar-refractivity contribution in [3.63, 3.8) is 0 Å². The lowest BCUT2D eigenvalue weighted by molar-refractivity contribution is -0.384. The Morgan fingerprint density at radius 2 is 1.95 bits per heavy atom. The second kappa shape index (κ2) is 6.64. The fourth-order valence-electron chi connectivity index (χ4n) is 1.67. The second-order valence-electron chi connectivity index (χ2n) is 4.19. The topological polar surface area (TPSA) is 111 Å². The van der Waals surface area contributed by atoms with Gasteiger partial charge in [0.1, 0.15) is 11.5 Å². The van der Waals surface area contributed by atoms with Crippen LogP contribution in [0.3, 0.4) is 0 Å². The number of nitro groups is 1. The van der Waals surface area contributed by atoms with Crippen LogP contribution in [0.2, 0.25) is 0 Å². The van der Waals surface area contributed by atoms with Crippen LogP contribution < -0.4 is 11.1 Å². The number of nitro benzene ring substituents is 1. The highest BCUT2D eigenvalue weighted by Gasteiger charge is 2.07. The van der Waals surface area contributed by atoms with Crippen LogP contribution in [-0.2, 0) is 4.79 Å². The van der Waals surface area contributed by atoms with Gasteiger partial charge in [0.25, 0.3) is 5.69 Å². The molecule has 1 aromatic carbocycles. The summed E-state index contributed by atoms with van der Waals surface area (Å²) in [4.78, 5) is 21.5. The van der Waals surface area contributed by atoms with Gasteiger partial charge >= 0.3 is 0 Å². The van der Waals surface area contributed by atoms with Gasteiger partial charge in [-0.1, -0.05) is 0 Å². The third kappa shape index (κ3) is 4.00. The summed E-state index contributed by atoms with van der Waals surface area (Å²) in [6, 6.07) is 9.33. The van der Waals surface area contributed by atoms with Crippen LogP contribution in [0.25, 0.3) is 17.4 Å². The number of benzene rings is 1. The number of thiocarbonyl (C=S) groups is 1. The van der Waals surface area contributed by atoms with Crippen LogP contribution in [-0.4, -0.2) is 15.9 Å². The molecule has 0 unspecified atom stereocenters. The average molecular weight is 317 g/mol. The molecule has 0 bridgehead atoms. The summed E-state index contributed by atoms with van der Waals surface area (Å²) in [5, 5.41) is 12.7. The summed E-state index contributed by atoms with van der Waals surface area (Å²) in [5.41, 5.74) is 5.87. The molecule has 0 fully saturated rings. The lowest BCUT2D eigenvalue weighted by Crippen LogP contribution is -2.33. The molecule has 0 saturated heterocycles. The van der Waals surface area contributed by atoms with E-state index in [2.05, 4.69) is 17.5 Å². The van der Waals surface area contributed by atoms with Crippen molar-refractivity contribution >= 4 is 35.0 Å². The molecular weight excluding hydrogens is 306 g/mol. The molecule has 0 aliphatic carbocycles. The molecule has 3 N–H and O–H groups in total. The van der Waals surface area contributed by atoms with Gasteiger partial charge in [0.2, 0.25) is 5.91 Å². The van der Waals surface area contributed by atoms with Crippen molar-refractivity contribution in [2.45, 2.75) is 0 Å². The highest BCUT2D eigenvalue weighted by molar-refractivity contribution is 7.80. The SMILES string of the molecule is NC(=S)NC(=O)/C=C/c1ccc(-c2ccc([N+](=O)[O-])cc2)o1. The number of carbonyl (C=O) groups excluding carboxylic acids is 1. The summed E-state index contributed by atoms with van der Waals surface area (Å²) in [6.45, 7) is 0. The van der Waals surface area contributed by atoms with Gasteiger partial charge in [-0.2, -0.15) is 0 Å². The van der Waals surface area contributed by atoms with Gasteiger partial charge < -0.3 is 10.2 Å². The molecule has 112 valence electrons. The van der Waals surface area contributed by atoms with Crippen molar-refractivity contribution in [3.8, 4) is 11.3 Å². The minimum Gasteiger partial charge on any atom is -0.457 e. The molecule has 2 aromatic rings. The summed E-state index contributed by atoms with van der Waals surface area (Å²) >= 11 is 4.54. The fraction of sp³-hybridized carbons (Fsp3) is 0. The zero-order chi connectivity index (χ0) is 16.1. The minimum absolute atomic E-state index is 0.00449. The maximum atomic E-state index is 11.3. The van der Waals surface area contributed by atoms with Gasteiger partial charge in [-0.15, -0.1) is 0 Å². The van der Waals surface area contributed by atoms with Crippen molar-refractivity contribution in [1.82, 2.24) is 5.32 Å². The molecule has 2 rings (SSSR count). The molecule has 1 amide bonds. The van der Waals surface area contributed by atoms with Crippen LogP contribution in [0.1, 0.15) is 5.76 Å². The maximum absolute atomic E-state index is 11.3. The molecule has 0 spiro atoms. The first-order chi connectivity index (χ1) is 10.5. The van der Waals surface area contributed by atoms with Gasteiger partial charge in [-0.05, 0) is 42.6 Å². The van der Waals surface area contributed by atoms with E-state index in [1.807, 2.05) is 0 Å². The molecule has 1 aromatic heterocycles. The number of nitrogens with zero attached hydrogens (tertiary/aromatic N) is 1. The first-order valence-corrected chi connectivity index (χ1v) is 6.49. The lowest BCUT2D eigenvalue weighted by atomic mass is 10.1. The number of rotatable bonds is 4. The molecule has 0 atom stereocenters. The van der Waals surface area contributed by atoms with Crippen molar-refractivity contribution in [3.05, 3.63) is 58.3 Å². The van der Waals surface area contributed by atoms with E-state index in [4.69, 9.17) is 10.2 Å². The molecule has 1 heterocycles. The van der Waals surface area contributed by atoms with E-state index >= 15 is 0 Å². The van der Waals surface area contributed by atoms with Crippen LogP contribution in [0.4, 0.5) is 5.69 Å². The number of amides is 1. The fourth-order valence-corrected chi connectivity index (χ4v) is 1.77. The highest BCUT2D eigenvalue weighted by atomic mass is 32.1. The lowest BCUT2D eigenvalue weighted by Gasteiger charge is -1.97. The Hall–Kier alpha value is -3.00. The van der Waals surface area contributed by atoms with Crippen molar-refractivity contribution in [2.24, 2.45) is 5.73 Å². The van der Waals surface area contributed by atoms with Crippen LogP contribution >= 0.6 is 12.2 Å². The molecule has 0 saturated carbocycles. The van der Waals surface area contributed by atoms with Crippen molar-refractivity contribution in [2.75, 3.05) is 0 Å². The summed E-state index contributed by atoms with van der Waals surface area (Å²) in [5.74, 6) is 0.525. The van der Waals surface area contributed by atoms with E-state index in [9.17, 15) is 14.9 Å². The van der Waals surface area contributed by atoms with Gasteiger partial charge in [0.15, 0.2) is 5.11 Å². The third-order valence-corrected chi connectivity index (χ3v) is 2.74. The van der Waals surface area contributed by atoms with Crippen LogP contribution in [0, 0.1) is 10.1 Å². The average Bonchev–Trinajstić information content (AvgIpc) is 2.93. The van der Waals surface area contributed by atoms with Crippen LogP contribution in [0.5, 0.6) is 0 Å². The number of nitrogens with two attached hydrogens (primary N) is 1. The first-order valence-electron chi connectivity index (χ1n) is 6.09. The monoisotopic (exact) mass is 317 g/mol. The normalized spacial score (nSPS) is 10.5. The van der Waals surface area contributed by atoms with Gasteiger partial charge in [-0.25, -0.2) is 0 Å². The van der Waals surface area contributed by atoms with E-state index in [1.54, 1.807) is 24.3 Å². The molecule has 0 radical (unpaired) electrons. The molecular formula is C14H11N3O4S. The van der Waals surface area contributed by atoms with Crippen molar-refractivity contribution in [1.29, 1.82) is 0 Å². The molecule has 8 heteroatoms. The van der Waals surface area contributed by atoms with Gasteiger partial charge in [0.05, 0.1) is 4.92 Å². The number of hydrogen-bond acceptors (Lipinski definition) is 5. The zero-order valence-electron chi connectivity index (χ0n) is 11.2. The summed E-state index contributed by atoms with van der Waals surface area (Å²) in [6.07, 6.45) is 2.69. The minimum atomic E-state index is -0.472. The van der Waals surface area contributed by atoms with E-state index in [1.165, 1.54) is 24.3 Å².